The minimum Gasteiger partial charge on any atom is -0.419 e. The quantitative estimate of drug-likeness (QED) is 0.837. The van der Waals surface area contributed by atoms with E-state index in [1.54, 1.807) is 0 Å². The number of aromatic nitrogens is 2. The fourth-order valence-corrected chi connectivity index (χ4v) is 2.45. The molecule has 1 aromatic heterocycles. The minimum absolute atomic E-state index is 0.344. The molecule has 1 fully saturated rings. The van der Waals surface area contributed by atoms with Crippen LogP contribution in [0.15, 0.2) is 34.7 Å². The van der Waals surface area contributed by atoms with Crippen LogP contribution >= 0.6 is 0 Å². The molecular weight excluding hydrogens is 254 g/mol. The monoisotopic (exact) mass is 273 g/mol. The summed E-state index contributed by atoms with van der Waals surface area (Å²) in [7, 11) is 2.05. The van der Waals surface area contributed by atoms with Crippen molar-refractivity contribution in [3.05, 3.63) is 36.2 Å². The second kappa shape index (κ2) is 6.15. The lowest BCUT2D eigenvalue weighted by molar-refractivity contribution is 0.0770. The maximum atomic E-state index is 5.70. The molecule has 20 heavy (non-hydrogen) atoms. The first-order valence-electron chi connectivity index (χ1n) is 6.99. The van der Waals surface area contributed by atoms with Crippen LogP contribution in [0, 0.1) is 0 Å². The Hall–Kier alpha value is -1.72. The van der Waals surface area contributed by atoms with Crippen molar-refractivity contribution in [1.29, 1.82) is 0 Å². The zero-order valence-electron chi connectivity index (χ0n) is 11.7. The third-order valence-corrected chi connectivity index (χ3v) is 3.43. The van der Waals surface area contributed by atoms with Crippen molar-refractivity contribution in [3.63, 3.8) is 0 Å². The number of likely N-dealkylation sites (N-methyl/N-ethyl adjacent to an activating group) is 1. The SMILES string of the molecule is CN(Cc1nnc(-c2ccccc2)o1)C[C@@H]1CCCO1. The summed E-state index contributed by atoms with van der Waals surface area (Å²) in [5.41, 5.74) is 0.952. The molecule has 5 heteroatoms. The molecule has 1 atom stereocenters. The Morgan fingerprint density at radius 2 is 2.10 bits per heavy atom. The van der Waals surface area contributed by atoms with Crippen molar-refractivity contribution in [2.75, 3.05) is 20.2 Å². The third kappa shape index (κ3) is 3.23. The van der Waals surface area contributed by atoms with Crippen molar-refractivity contribution in [2.45, 2.75) is 25.5 Å². The highest BCUT2D eigenvalue weighted by Gasteiger charge is 2.18. The van der Waals surface area contributed by atoms with E-state index in [1.807, 2.05) is 37.4 Å². The predicted octanol–water partition coefficient (Wildman–Crippen LogP) is 2.35. The molecule has 5 nitrogen and oxygen atoms in total. The normalized spacial score (nSPS) is 18.8. The van der Waals surface area contributed by atoms with E-state index >= 15 is 0 Å². The van der Waals surface area contributed by atoms with Gasteiger partial charge in [-0.2, -0.15) is 0 Å². The van der Waals surface area contributed by atoms with Gasteiger partial charge in [-0.05, 0) is 32.0 Å². The summed E-state index contributed by atoms with van der Waals surface area (Å²) in [4.78, 5) is 2.16. The van der Waals surface area contributed by atoms with E-state index < -0.39 is 0 Å². The molecule has 0 saturated carbocycles. The van der Waals surface area contributed by atoms with Gasteiger partial charge in [0.15, 0.2) is 0 Å². The van der Waals surface area contributed by atoms with Crippen LogP contribution in [0.4, 0.5) is 0 Å². The summed E-state index contributed by atoms with van der Waals surface area (Å²) in [6, 6.07) is 9.82. The van der Waals surface area contributed by atoms with Crippen LogP contribution in [0.2, 0.25) is 0 Å². The van der Waals surface area contributed by atoms with Crippen molar-refractivity contribution in [2.24, 2.45) is 0 Å². The highest BCUT2D eigenvalue weighted by atomic mass is 16.5. The predicted molar refractivity (Wildman–Crippen MR) is 75.0 cm³/mol. The molecule has 2 heterocycles. The molecule has 1 aromatic carbocycles. The summed E-state index contributed by atoms with van der Waals surface area (Å²) in [5, 5.41) is 8.20. The van der Waals surface area contributed by atoms with E-state index in [0.29, 0.717) is 24.4 Å². The Bertz CT molecular complexity index is 535. The summed E-state index contributed by atoms with van der Waals surface area (Å²) < 4.78 is 11.3. The lowest BCUT2D eigenvalue weighted by Crippen LogP contribution is -2.28. The lowest BCUT2D eigenvalue weighted by atomic mass is 10.2. The van der Waals surface area contributed by atoms with Gasteiger partial charge in [0.2, 0.25) is 11.8 Å². The summed E-state index contributed by atoms with van der Waals surface area (Å²) in [6.07, 6.45) is 2.65. The smallest absolute Gasteiger partial charge is 0.247 e. The molecular formula is C15H19N3O2. The fourth-order valence-electron chi connectivity index (χ4n) is 2.45. The van der Waals surface area contributed by atoms with E-state index in [-0.39, 0.29) is 0 Å². The largest absolute Gasteiger partial charge is 0.419 e. The average Bonchev–Trinajstić information content (AvgIpc) is 3.11. The number of rotatable bonds is 5. The maximum Gasteiger partial charge on any atom is 0.247 e. The van der Waals surface area contributed by atoms with Gasteiger partial charge in [-0.15, -0.1) is 10.2 Å². The van der Waals surface area contributed by atoms with Gasteiger partial charge >= 0.3 is 0 Å². The molecule has 0 unspecified atom stereocenters. The molecule has 106 valence electrons. The molecule has 1 aliphatic heterocycles. The van der Waals surface area contributed by atoms with E-state index in [0.717, 1.165) is 31.6 Å². The van der Waals surface area contributed by atoms with Crippen LogP contribution in [-0.2, 0) is 11.3 Å². The van der Waals surface area contributed by atoms with Gasteiger partial charge in [-0.25, -0.2) is 0 Å². The summed E-state index contributed by atoms with van der Waals surface area (Å²) in [6.45, 7) is 2.44. The fraction of sp³-hybridized carbons (Fsp3) is 0.467. The van der Waals surface area contributed by atoms with E-state index in [4.69, 9.17) is 9.15 Å². The second-order valence-corrected chi connectivity index (χ2v) is 5.20. The molecule has 0 spiro atoms. The molecule has 1 aliphatic rings. The van der Waals surface area contributed by atoms with Crippen LogP contribution < -0.4 is 0 Å². The van der Waals surface area contributed by atoms with Gasteiger partial charge in [-0.1, -0.05) is 18.2 Å². The number of ether oxygens (including phenoxy) is 1. The molecule has 1 saturated heterocycles. The van der Waals surface area contributed by atoms with Crippen LogP contribution in [0.3, 0.4) is 0 Å². The zero-order valence-corrected chi connectivity index (χ0v) is 11.7. The second-order valence-electron chi connectivity index (χ2n) is 5.20. The van der Waals surface area contributed by atoms with E-state index in [2.05, 4.69) is 15.1 Å². The van der Waals surface area contributed by atoms with Gasteiger partial charge in [0.1, 0.15) is 0 Å². The van der Waals surface area contributed by atoms with Crippen LogP contribution in [0.1, 0.15) is 18.7 Å². The van der Waals surface area contributed by atoms with Crippen LogP contribution in [0.25, 0.3) is 11.5 Å². The molecule has 0 bridgehead atoms. The number of hydrogen-bond acceptors (Lipinski definition) is 5. The first-order chi connectivity index (χ1) is 9.81. The molecule has 0 aliphatic carbocycles. The number of nitrogens with zero attached hydrogens (tertiary/aromatic N) is 3. The summed E-state index contributed by atoms with van der Waals surface area (Å²) in [5.74, 6) is 1.22. The first kappa shape index (κ1) is 13.3. The van der Waals surface area contributed by atoms with Gasteiger partial charge in [0.05, 0.1) is 12.6 Å². The highest BCUT2D eigenvalue weighted by molar-refractivity contribution is 5.51. The molecule has 2 aromatic rings. The topological polar surface area (TPSA) is 51.4 Å². The van der Waals surface area contributed by atoms with Crippen LogP contribution in [0.5, 0.6) is 0 Å². The van der Waals surface area contributed by atoms with E-state index in [1.165, 1.54) is 0 Å². The van der Waals surface area contributed by atoms with Gasteiger partial charge in [0.25, 0.3) is 0 Å². The Kier molecular flexibility index (Phi) is 4.08. The van der Waals surface area contributed by atoms with Gasteiger partial charge < -0.3 is 9.15 Å². The Balaban J connectivity index is 1.59. The van der Waals surface area contributed by atoms with Crippen molar-refractivity contribution < 1.29 is 9.15 Å². The zero-order chi connectivity index (χ0) is 13.8. The van der Waals surface area contributed by atoms with Crippen molar-refractivity contribution in [1.82, 2.24) is 15.1 Å². The highest BCUT2D eigenvalue weighted by Crippen LogP contribution is 2.18. The summed E-state index contributed by atoms with van der Waals surface area (Å²) >= 11 is 0. The standard InChI is InChI=1S/C15H19N3O2/c1-18(10-13-8-5-9-19-13)11-14-16-17-15(20-14)12-6-3-2-4-7-12/h2-4,6-7,13H,5,8-11H2,1H3/t13-/m0/s1. The minimum atomic E-state index is 0.344. The maximum absolute atomic E-state index is 5.70. The number of hydrogen-bond donors (Lipinski definition) is 0. The molecule has 0 amide bonds. The Morgan fingerprint density at radius 1 is 1.25 bits per heavy atom. The third-order valence-electron chi connectivity index (χ3n) is 3.43. The number of benzene rings is 1. The molecule has 0 radical (unpaired) electrons. The van der Waals surface area contributed by atoms with Crippen LogP contribution in [-0.4, -0.2) is 41.4 Å². The average molecular weight is 273 g/mol. The molecule has 3 rings (SSSR count). The van der Waals surface area contributed by atoms with Gasteiger partial charge in [0, 0.05) is 18.7 Å². The van der Waals surface area contributed by atoms with Crippen molar-refractivity contribution >= 4 is 0 Å². The Morgan fingerprint density at radius 3 is 2.85 bits per heavy atom. The van der Waals surface area contributed by atoms with Crippen molar-refractivity contribution in [3.8, 4) is 11.5 Å². The Labute approximate surface area is 118 Å². The molecule has 0 N–H and O–H groups in total. The van der Waals surface area contributed by atoms with Gasteiger partial charge in [-0.3, -0.25) is 4.90 Å². The first-order valence-corrected chi connectivity index (χ1v) is 6.99. The van der Waals surface area contributed by atoms with E-state index in [9.17, 15) is 0 Å². The lowest BCUT2D eigenvalue weighted by Gasteiger charge is -2.18.